The lowest BCUT2D eigenvalue weighted by atomic mass is 10.2. The van der Waals surface area contributed by atoms with Gasteiger partial charge in [-0.15, -0.1) is 0 Å². The van der Waals surface area contributed by atoms with E-state index in [2.05, 4.69) is 20.9 Å². The number of anilines is 1. The standard InChI is InChI=1S/C18H23N5O3/c19-11-14-3-1-4-20-17(14)22-12-15-16(13-22)26-18(24)23(15)6-2-5-21-7-9-25-10-8-21/h1,3-4,15-16H,2,5-10,12-13H2/t15-,16+/m1/s1. The first-order chi connectivity index (χ1) is 12.8. The fourth-order valence-corrected chi connectivity index (χ4v) is 3.96. The van der Waals surface area contributed by atoms with Gasteiger partial charge in [0.25, 0.3) is 0 Å². The van der Waals surface area contributed by atoms with Crippen molar-refractivity contribution in [3.63, 3.8) is 0 Å². The molecule has 3 aliphatic rings. The van der Waals surface area contributed by atoms with E-state index in [-0.39, 0.29) is 18.2 Å². The molecule has 4 rings (SSSR count). The van der Waals surface area contributed by atoms with Crippen LogP contribution in [0.1, 0.15) is 12.0 Å². The van der Waals surface area contributed by atoms with E-state index < -0.39 is 0 Å². The number of carbonyl (C=O) groups excluding carboxylic acids is 1. The average Bonchev–Trinajstić information content (AvgIpc) is 3.20. The van der Waals surface area contributed by atoms with Crippen molar-refractivity contribution in [2.75, 3.05) is 57.4 Å². The second-order valence-corrected chi connectivity index (χ2v) is 6.88. The highest BCUT2D eigenvalue weighted by molar-refractivity contribution is 5.72. The molecule has 0 aliphatic carbocycles. The topological polar surface area (TPSA) is 81.9 Å². The van der Waals surface area contributed by atoms with E-state index in [1.165, 1.54) is 0 Å². The predicted molar refractivity (Wildman–Crippen MR) is 93.8 cm³/mol. The van der Waals surface area contributed by atoms with E-state index in [1.807, 2.05) is 4.90 Å². The lowest BCUT2D eigenvalue weighted by Crippen LogP contribution is -2.41. The smallest absolute Gasteiger partial charge is 0.410 e. The second kappa shape index (κ2) is 7.48. The van der Waals surface area contributed by atoms with Gasteiger partial charge < -0.3 is 14.4 Å². The van der Waals surface area contributed by atoms with Crippen LogP contribution in [0.5, 0.6) is 0 Å². The average molecular weight is 357 g/mol. The van der Waals surface area contributed by atoms with Gasteiger partial charge in [0.05, 0.1) is 31.4 Å². The van der Waals surface area contributed by atoms with Crippen LogP contribution in [0, 0.1) is 11.3 Å². The number of pyridine rings is 1. The first kappa shape index (κ1) is 17.1. The van der Waals surface area contributed by atoms with Gasteiger partial charge in [0, 0.05) is 38.9 Å². The maximum absolute atomic E-state index is 12.2. The van der Waals surface area contributed by atoms with Crippen molar-refractivity contribution in [3.8, 4) is 6.07 Å². The number of rotatable bonds is 5. The highest BCUT2D eigenvalue weighted by Crippen LogP contribution is 2.30. The van der Waals surface area contributed by atoms with Crippen molar-refractivity contribution in [1.29, 1.82) is 5.26 Å². The Bertz CT molecular complexity index is 700. The summed E-state index contributed by atoms with van der Waals surface area (Å²) in [6, 6.07) is 5.74. The van der Waals surface area contributed by atoms with Crippen LogP contribution in [0.2, 0.25) is 0 Å². The number of fused-ring (bicyclic) bond motifs is 1. The van der Waals surface area contributed by atoms with Gasteiger partial charge in [0.2, 0.25) is 0 Å². The van der Waals surface area contributed by atoms with Crippen LogP contribution in [0.3, 0.4) is 0 Å². The largest absolute Gasteiger partial charge is 0.442 e. The molecule has 3 fully saturated rings. The molecule has 26 heavy (non-hydrogen) atoms. The Labute approximate surface area is 152 Å². The zero-order valence-corrected chi connectivity index (χ0v) is 14.7. The number of carbonyl (C=O) groups is 1. The molecule has 3 aliphatic heterocycles. The fourth-order valence-electron chi connectivity index (χ4n) is 3.96. The first-order valence-corrected chi connectivity index (χ1v) is 9.13. The Kier molecular flexibility index (Phi) is 4.91. The number of amides is 1. The molecule has 0 unspecified atom stereocenters. The van der Waals surface area contributed by atoms with Gasteiger partial charge in [0.1, 0.15) is 18.0 Å². The Balaban J connectivity index is 1.36. The van der Waals surface area contributed by atoms with Gasteiger partial charge in [-0.2, -0.15) is 5.26 Å². The summed E-state index contributed by atoms with van der Waals surface area (Å²) in [5.74, 6) is 0.675. The van der Waals surface area contributed by atoms with Crippen LogP contribution >= 0.6 is 0 Å². The molecule has 8 nitrogen and oxygen atoms in total. The van der Waals surface area contributed by atoms with E-state index in [1.54, 1.807) is 18.3 Å². The van der Waals surface area contributed by atoms with E-state index in [0.717, 1.165) is 39.3 Å². The summed E-state index contributed by atoms with van der Waals surface area (Å²) in [5.41, 5.74) is 0.553. The van der Waals surface area contributed by atoms with Crippen LogP contribution in [0.25, 0.3) is 0 Å². The molecule has 0 bridgehead atoms. The highest BCUT2D eigenvalue weighted by Gasteiger charge is 2.48. The van der Waals surface area contributed by atoms with Gasteiger partial charge in [0.15, 0.2) is 0 Å². The molecule has 1 aromatic heterocycles. The van der Waals surface area contributed by atoms with Crippen LogP contribution in [0.4, 0.5) is 10.6 Å². The maximum Gasteiger partial charge on any atom is 0.410 e. The number of hydrogen-bond acceptors (Lipinski definition) is 7. The van der Waals surface area contributed by atoms with E-state index in [4.69, 9.17) is 9.47 Å². The minimum absolute atomic E-state index is 0.0285. The molecule has 0 N–H and O–H groups in total. The molecule has 1 aromatic rings. The third-order valence-corrected chi connectivity index (χ3v) is 5.31. The number of nitriles is 1. The summed E-state index contributed by atoms with van der Waals surface area (Å²) in [6.07, 6.45) is 2.24. The summed E-state index contributed by atoms with van der Waals surface area (Å²) in [4.78, 5) is 22.8. The van der Waals surface area contributed by atoms with Crippen molar-refractivity contribution in [2.24, 2.45) is 0 Å². The Morgan fingerprint density at radius 3 is 2.92 bits per heavy atom. The minimum Gasteiger partial charge on any atom is -0.442 e. The molecular formula is C18H23N5O3. The summed E-state index contributed by atoms with van der Waals surface area (Å²) >= 11 is 0. The van der Waals surface area contributed by atoms with Crippen molar-refractivity contribution >= 4 is 11.9 Å². The Hall–Kier alpha value is -2.37. The third kappa shape index (κ3) is 3.32. The van der Waals surface area contributed by atoms with Crippen LogP contribution < -0.4 is 4.90 Å². The summed E-state index contributed by atoms with van der Waals surface area (Å²) in [7, 11) is 0. The van der Waals surface area contributed by atoms with Crippen LogP contribution in [0.15, 0.2) is 18.3 Å². The summed E-state index contributed by atoms with van der Waals surface area (Å²) in [5, 5.41) is 9.29. The predicted octanol–water partition coefficient (Wildman–Crippen LogP) is 0.685. The van der Waals surface area contributed by atoms with Crippen molar-refractivity contribution in [1.82, 2.24) is 14.8 Å². The molecule has 4 heterocycles. The molecular weight excluding hydrogens is 334 g/mol. The zero-order valence-electron chi connectivity index (χ0n) is 14.7. The van der Waals surface area contributed by atoms with Gasteiger partial charge in [-0.25, -0.2) is 9.78 Å². The lowest BCUT2D eigenvalue weighted by molar-refractivity contribution is 0.0363. The number of morpholine rings is 1. The normalized spacial score (nSPS) is 25.9. The molecule has 0 saturated carbocycles. The number of aromatic nitrogens is 1. The summed E-state index contributed by atoms with van der Waals surface area (Å²) < 4.78 is 10.9. The SMILES string of the molecule is N#Cc1cccnc1N1C[C@@H]2OC(=O)N(CCCN3CCOCC3)[C@@H]2C1. The second-order valence-electron chi connectivity index (χ2n) is 6.88. The van der Waals surface area contributed by atoms with Crippen molar-refractivity contribution in [3.05, 3.63) is 23.9 Å². The lowest BCUT2D eigenvalue weighted by Gasteiger charge is -2.28. The van der Waals surface area contributed by atoms with E-state index in [9.17, 15) is 10.1 Å². The number of hydrogen-bond donors (Lipinski definition) is 0. The van der Waals surface area contributed by atoms with E-state index in [0.29, 0.717) is 31.0 Å². The van der Waals surface area contributed by atoms with Crippen LogP contribution in [-0.2, 0) is 9.47 Å². The molecule has 0 spiro atoms. The van der Waals surface area contributed by atoms with Gasteiger partial charge in [-0.05, 0) is 18.6 Å². The summed E-state index contributed by atoms with van der Waals surface area (Å²) in [6.45, 7) is 6.39. The quantitative estimate of drug-likeness (QED) is 0.766. The highest BCUT2D eigenvalue weighted by atomic mass is 16.6. The fraction of sp³-hybridized carbons (Fsp3) is 0.611. The third-order valence-electron chi connectivity index (χ3n) is 5.31. The van der Waals surface area contributed by atoms with Gasteiger partial charge in [-0.1, -0.05) is 0 Å². The van der Waals surface area contributed by atoms with E-state index >= 15 is 0 Å². The maximum atomic E-state index is 12.2. The molecule has 1 amide bonds. The molecule has 0 radical (unpaired) electrons. The molecule has 0 aromatic carbocycles. The Morgan fingerprint density at radius 2 is 2.12 bits per heavy atom. The first-order valence-electron chi connectivity index (χ1n) is 9.13. The number of ether oxygens (including phenoxy) is 2. The monoisotopic (exact) mass is 357 g/mol. The zero-order chi connectivity index (χ0) is 17.9. The van der Waals surface area contributed by atoms with Crippen LogP contribution in [-0.4, -0.2) is 85.5 Å². The molecule has 138 valence electrons. The minimum atomic E-state index is -0.219. The number of nitrogens with zero attached hydrogens (tertiary/aromatic N) is 5. The molecule has 2 atom stereocenters. The van der Waals surface area contributed by atoms with Gasteiger partial charge >= 0.3 is 6.09 Å². The van der Waals surface area contributed by atoms with Crippen molar-refractivity contribution < 1.29 is 14.3 Å². The molecule has 8 heteroatoms. The molecule has 3 saturated heterocycles. The Morgan fingerprint density at radius 1 is 1.27 bits per heavy atom. The van der Waals surface area contributed by atoms with Gasteiger partial charge in [-0.3, -0.25) is 9.80 Å². The van der Waals surface area contributed by atoms with Crippen molar-refractivity contribution in [2.45, 2.75) is 18.6 Å².